The predicted octanol–water partition coefficient (Wildman–Crippen LogP) is 2.44. The van der Waals surface area contributed by atoms with Gasteiger partial charge in [0.15, 0.2) is 6.73 Å². The number of likely N-dealkylation sites (tertiary alicyclic amines) is 1. The van der Waals surface area contributed by atoms with Gasteiger partial charge in [-0.05, 0) is 23.6 Å². The average molecular weight is 550 g/mol. The SMILES string of the molecule is CC(C)C(NC(=O)Cn1c(-c2ccccc2)ccc(NC(=O)OCN2C(=O)CCC2=O)c1=O)C(=O)C(F)(F)F. The van der Waals surface area contributed by atoms with E-state index in [0.29, 0.717) is 5.56 Å². The molecule has 4 amide bonds. The number of alkyl halides is 3. The van der Waals surface area contributed by atoms with Crippen molar-refractivity contribution in [2.75, 3.05) is 12.0 Å². The molecule has 0 saturated carbocycles. The molecule has 1 aliphatic heterocycles. The van der Waals surface area contributed by atoms with Gasteiger partial charge < -0.3 is 10.1 Å². The summed E-state index contributed by atoms with van der Waals surface area (Å²) in [5, 5.41) is 4.22. The molecule has 0 radical (unpaired) electrons. The largest absolute Gasteiger partial charge is 0.452 e. The summed E-state index contributed by atoms with van der Waals surface area (Å²) < 4.78 is 44.8. The smallest absolute Gasteiger partial charge is 0.427 e. The second kappa shape index (κ2) is 11.9. The first-order valence-electron chi connectivity index (χ1n) is 11.8. The minimum Gasteiger partial charge on any atom is -0.427 e. The van der Waals surface area contributed by atoms with E-state index in [0.717, 1.165) is 9.47 Å². The highest BCUT2D eigenvalue weighted by Gasteiger charge is 2.45. The lowest BCUT2D eigenvalue weighted by atomic mass is 9.99. The highest BCUT2D eigenvalue weighted by molar-refractivity contribution is 6.02. The second-order valence-corrected chi connectivity index (χ2v) is 8.94. The van der Waals surface area contributed by atoms with Crippen molar-refractivity contribution in [3.63, 3.8) is 0 Å². The molecule has 1 saturated heterocycles. The van der Waals surface area contributed by atoms with Crippen LogP contribution in [0, 0.1) is 5.92 Å². The molecule has 3 rings (SSSR count). The van der Waals surface area contributed by atoms with Crippen LogP contribution >= 0.6 is 0 Å². The van der Waals surface area contributed by atoms with Crippen LogP contribution in [0.1, 0.15) is 26.7 Å². The van der Waals surface area contributed by atoms with Gasteiger partial charge in [0.05, 0.1) is 11.7 Å². The first kappa shape index (κ1) is 29.1. The van der Waals surface area contributed by atoms with Gasteiger partial charge in [0.25, 0.3) is 11.3 Å². The van der Waals surface area contributed by atoms with Crippen molar-refractivity contribution in [3.05, 3.63) is 52.8 Å². The monoisotopic (exact) mass is 550 g/mol. The number of ether oxygens (including phenoxy) is 1. The fraction of sp³-hybridized carbons (Fsp3) is 0.360. The highest BCUT2D eigenvalue weighted by atomic mass is 19.4. The molecule has 2 aromatic rings. The summed E-state index contributed by atoms with van der Waals surface area (Å²) in [5.74, 6) is -5.11. The summed E-state index contributed by atoms with van der Waals surface area (Å²) in [6.45, 7) is 1.22. The van der Waals surface area contributed by atoms with Gasteiger partial charge in [0.1, 0.15) is 12.2 Å². The lowest BCUT2D eigenvalue weighted by Crippen LogP contribution is -2.50. The number of Topliss-reactive ketones (excluding diaryl/α,β-unsaturated/α-hetero) is 1. The van der Waals surface area contributed by atoms with Crippen molar-refractivity contribution in [1.82, 2.24) is 14.8 Å². The van der Waals surface area contributed by atoms with E-state index in [1.807, 2.05) is 5.32 Å². The fourth-order valence-electron chi connectivity index (χ4n) is 3.80. The number of imide groups is 1. The van der Waals surface area contributed by atoms with Crippen LogP contribution in [-0.2, 0) is 30.5 Å². The van der Waals surface area contributed by atoms with Crippen LogP contribution in [0.2, 0.25) is 0 Å². The molecule has 208 valence electrons. The number of carbonyl (C=O) groups excluding carboxylic acids is 5. The van der Waals surface area contributed by atoms with E-state index in [1.54, 1.807) is 30.3 Å². The number of pyridine rings is 1. The molecule has 1 aromatic carbocycles. The first-order valence-corrected chi connectivity index (χ1v) is 11.8. The van der Waals surface area contributed by atoms with E-state index in [4.69, 9.17) is 4.74 Å². The van der Waals surface area contributed by atoms with Gasteiger partial charge in [0, 0.05) is 12.8 Å². The molecule has 14 heteroatoms. The van der Waals surface area contributed by atoms with Crippen molar-refractivity contribution >= 4 is 35.3 Å². The molecule has 0 bridgehead atoms. The summed E-state index contributed by atoms with van der Waals surface area (Å²) in [7, 11) is 0. The van der Waals surface area contributed by atoms with Crippen LogP contribution in [0.25, 0.3) is 11.3 Å². The minimum atomic E-state index is -5.18. The molecule has 1 atom stereocenters. The van der Waals surface area contributed by atoms with E-state index in [-0.39, 0.29) is 24.2 Å². The Balaban J connectivity index is 1.86. The lowest BCUT2D eigenvalue weighted by Gasteiger charge is -2.23. The molecule has 1 fully saturated rings. The van der Waals surface area contributed by atoms with Gasteiger partial charge in [-0.2, -0.15) is 13.2 Å². The Morgan fingerprint density at radius 3 is 2.15 bits per heavy atom. The van der Waals surface area contributed by atoms with Crippen molar-refractivity contribution in [2.24, 2.45) is 5.92 Å². The zero-order valence-electron chi connectivity index (χ0n) is 20.9. The number of nitrogens with one attached hydrogen (secondary N) is 2. The van der Waals surface area contributed by atoms with Crippen LogP contribution < -0.4 is 16.2 Å². The van der Waals surface area contributed by atoms with E-state index in [2.05, 4.69) is 5.32 Å². The van der Waals surface area contributed by atoms with Gasteiger partial charge in [-0.3, -0.25) is 33.9 Å². The molecule has 1 aliphatic rings. The summed E-state index contributed by atoms with van der Waals surface area (Å²) in [6, 6.07) is 9.02. The number of aromatic nitrogens is 1. The maximum atomic E-state index is 13.3. The molecule has 1 unspecified atom stereocenters. The molecule has 0 spiro atoms. The van der Waals surface area contributed by atoms with Crippen LogP contribution in [0.5, 0.6) is 0 Å². The Kier molecular flexibility index (Phi) is 8.89. The number of carbonyl (C=O) groups is 5. The topological polar surface area (TPSA) is 144 Å². The number of ketones is 1. The Morgan fingerprint density at radius 1 is 0.974 bits per heavy atom. The first-order chi connectivity index (χ1) is 18.3. The van der Waals surface area contributed by atoms with Gasteiger partial charge >= 0.3 is 12.3 Å². The Bertz CT molecular complexity index is 1320. The van der Waals surface area contributed by atoms with Crippen molar-refractivity contribution < 1.29 is 41.9 Å². The van der Waals surface area contributed by atoms with Gasteiger partial charge in [-0.15, -0.1) is 0 Å². The molecule has 2 N–H and O–H groups in total. The molecule has 0 aliphatic carbocycles. The van der Waals surface area contributed by atoms with Crippen molar-refractivity contribution in [1.29, 1.82) is 0 Å². The second-order valence-electron chi connectivity index (χ2n) is 8.94. The number of anilines is 1. The molecule has 2 heterocycles. The molecule has 11 nitrogen and oxygen atoms in total. The summed E-state index contributed by atoms with van der Waals surface area (Å²) in [4.78, 5) is 74.2. The number of hydrogen-bond acceptors (Lipinski definition) is 7. The molecule has 1 aromatic heterocycles. The predicted molar refractivity (Wildman–Crippen MR) is 130 cm³/mol. The average Bonchev–Trinajstić information content (AvgIpc) is 3.20. The maximum absolute atomic E-state index is 13.3. The highest BCUT2D eigenvalue weighted by Crippen LogP contribution is 2.22. The molecular weight excluding hydrogens is 525 g/mol. The summed E-state index contributed by atoms with van der Waals surface area (Å²) in [6.07, 6.45) is -6.37. The zero-order chi connectivity index (χ0) is 28.9. The van der Waals surface area contributed by atoms with E-state index < -0.39 is 66.6 Å². The van der Waals surface area contributed by atoms with Gasteiger partial charge in [-0.1, -0.05) is 44.2 Å². The maximum Gasteiger partial charge on any atom is 0.452 e. The number of nitrogens with zero attached hydrogens (tertiary/aromatic N) is 2. The number of rotatable bonds is 9. The van der Waals surface area contributed by atoms with E-state index >= 15 is 0 Å². The number of benzene rings is 1. The van der Waals surface area contributed by atoms with Gasteiger partial charge in [-0.25, -0.2) is 9.69 Å². The summed E-state index contributed by atoms with van der Waals surface area (Å²) in [5.41, 5.74) is -0.570. The molecular formula is C25H25F3N4O7. The summed E-state index contributed by atoms with van der Waals surface area (Å²) >= 11 is 0. The fourth-order valence-corrected chi connectivity index (χ4v) is 3.80. The van der Waals surface area contributed by atoms with Crippen molar-refractivity contribution in [3.8, 4) is 11.3 Å². The Hall–Kier alpha value is -4.49. The third-order valence-corrected chi connectivity index (χ3v) is 5.81. The zero-order valence-corrected chi connectivity index (χ0v) is 20.9. The quantitative estimate of drug-likeness (QED) is 0.457. The van der Waals surface area contributed by atoms with Crippen LogP contribution in [0.3, 0.4) is 0 Å². The minimum absolute atomic E-state index is 0.0102. The van der Waals surface area contributed by atoms with Crippen LogP contribution in [-0.4, -0.2) is 58.0 Å². The third-order valence-electron chi connectivity index (χ3n) is 5.81. The standard InChI is InChI=1S/C25H25F3N4O7/c1-14(2)21(22(36)25(26,27)28)30-18(33)12-31-17(15-6-4-3-5-7-15)9-8-16(23(31)37)29-24(38)39-13-32-19(34)10-11-20(32)35/h3-9,14,21H,10-13H2,1-2H3,(H,29,38)(H,30,33). The normalized spacial score (nSPS) is 14.4. The van der Waals surface area contributed by atoms with Crippen LogP contribution in [0.4, 0.5) is 23.7 Å². The lowest BCUT2D eigenvalue weighted by molar-refractivity contribution is -0.174. The number of halogens is 3. The van der Waals surface area contributed by atoms with Crippen molar-refractivity contribution in [2.45, 2.75) is 45.5 Å². The number of amides is 4. The molecule has 39 heavy (non-hydrogen) atoms. The number of hydrogen-bond donors (Lipinski definition) is 2. The van der Waals surface area contributed by atoms with Crippen LogP contribution in [0.15, 0.2) is 47.3 Å². The Labute approximate surface area is 219 Å². The van der Waals surface area contributed by atoms with E-state index in [1.165, 1.54) is 26.0 Å². The third kappa shape index (κ3) is 7.09. The van der Waals surface area contributed by atoms with E-state index in [9.17, 15) is 41.9 Å². The van der Waals surface area contributed by atoms with Gasteiger partial charge in [0.2, 0.25) is 17.7 Å². The Morgan fingerprint density at radius 2 is 1.59 bits per heavy atom.